The highest BCUT2D eigenvalue weighted by molar-refractivity contribution is 6.31. The van der Waals surface area contributed by atoms with E-state index in [1.807, 2.05) is 4.90 Å². The molecular weight excluding hydrogens is 312 g/mol. The largest absolute Gasteiger partial charge is 0.508 e. The number of carbonyl (C=O) groups excluding carboxylic acids is 1. The van der Waals surface area contributed by atoms with Gasteiger partial charge in [0.25, 0.3) is 0 Å². The second kappa shape index (κ2) is 5.99. The smallest absolute Gasteiger partial charge is 0.227 e. The Morgan fingerprint density at radius 2 is 2.13 bits per heavy atom. The predicted octanol–water partition coefficient (Wildman–Crippen LogP) is 2.53. The molecule has 3 aliphatic rings. The molecule has 3 saturated heterocycles. The van der Waals surface area contributed by atoms with Crippen LogP contribution in [0.2, 0.25) is 5.02 Å². The van der Waals surface area contributed by atoms with Gasteiger partial charge in [-0.05, 0) is 48.9 Å². The second-order valence-corrected chi connectivity index (χ2v) is 7.64. The zero-order valence-corrected chi connectivity index (χ0v) is 14.0. The van der Waals surface area contributed by atoms with Gasteiger partial charge in [-0.1, -0.05) is 24.1 Å². The van der Waals surface area contributed by atoms with E-state index in [0.717, 1.165) is 18.7 Å². The highest BCUT2D eigenvalue weighted by Crippen LogP contribution is 2.40. The summed E-state index contributed by atoms with van der Waals surface area (Å²) in [5.41, 5.74) is 0.797. The van der Waals surface area contributed by atoms with Gasteiger partial charge in [0.2, 0.25) is 5.91 Å². The van der Waals surface area contributed by atoms with Crippen LogP contribution in [-0.2, 0) is 11.2 Å². The minimum atomic E-state index is 0.138. The highest BCUT2D eigenvalue weighted by atomic mass is 35.5. The van der Waals surface area contributed by atoms with E-state index in [1.54, 1.807) is 12.1 Å². The maximum Gasteiger partial charge on any atom is 0.227 e. The molecule has 124 valence electrons. The van der Waals surface area contributed by atoms with Gasteiger partial charge < -0.3 is 10.0 Å². The number of hydrogen-bond donors (Lipinski definition) is 1. The van der Waals surface area contributed by atoms with Crippen LogP contribution in [0, 0.1) is 11.8 Å². The molecule has 0 radical (unpaired) electrons. The number of amides is 1. The first-order valence-electron chi connectivity index (χ1n) is 8.61. The first kappa shape index (κ1) is 15.3. The van der Waals surface area contributed by atoms with Crippen molar-refractivity contribution in [1.29, 1.82) is 0 Å². The Labute approximate surface area is 142 Å². The fraction of sp³-hybridized carbons (Fsp3) is 0.611. The minimum Gasteiger partial charge on any atom is -0.508 e. The molecule has 0 unspecified atom stereocenters. The number of piperidine rings is 1. The SMILES string of the molecule is O=C(Cc1ccc(O)cc1Cl)N1C[C@@H]2CN3CCCC[C@H]3[C@H]2C1. The Bertz CT molecular complexity index is 621. The van der Waals surface area contributed by atoms with E-state index in [2.05, 4.69) is 4.90 Å². The van der Waals surface area contributed by atoms with Crippen LogP contribution >= 0.6 is 11.6 Å². The Morgan fingerprint density at radius 1 is 1.26 bits per heavy atom. The topological polar surface area (TPSA) is 43.8 Å². The molecule has 4 rings (SSSR count). The number of likely N-dealkylation sites (tertiary alicyclic amines) is 1. The third kappa shape index (κ3) is 2.83. The van der Waals surface area contributed by atoms with Gasteiger partial charge in [-0.3, -0.25) is 9.69 Å². The number of aromatic hydroxyl groups is 1. The lowest BCUT2D eigenvalue weighted by Crippen LogP contribution is -2.41. The summed E-state index contributed by atoms with van der Waals surface area (Å²) in [4.78, 5) is 17.3. The van der Waals surface area contributed by atoms with Crippen molar-refractivity contribution in [2.75, 3.05) is 26.2 Å². The second-order valence-electron chi connectivity index (χ2n) is 7.23. The third-order valence-electron chi connectivity index (χ3n) is 5.85. The summed E-state index contributed by atoms with van der Waals surface area (Å²) in [5, 5.41) is 9.89. The van der Waals surface area contributed by atoms with Gasteiger partial charge in [0.15, 0.2) is 0 Å². The molecule has 1 aromatic rings. The van der Waals surface area contributed by atoms with Crippen LogP contribution in [0.15, 0.2) is 18.2 Å². The Kier molecular flexibility index (Phi) is 3.98. The van der Waals surface area contributed by atoms with Crippen LogP contribution in [-0.4, -0.2) is 53.0 Å². The number of phenolic OH excluding ortho intramolecular Hbond substituents is 1. The van der Waals surface area contributed by atoms with E-state index < -0.39 is 0 Å². The molecule has 0 spiro atoms. The van der Waals surface area contributed by atoms with E-state index in [4.69, 9.17) is 11.6 Å². The summed E-state index contributed by atoms with van der Waals surface area (Å²) in [5.74, 6) is 1.61. The van der Waals surface area contributed by atoms with Crippen molar-refractivity contribution >= 4 is 17.5 Å². The summed E-state index contributed by atoms with van der Waals surface area (Å²) in [7, 11) is 0. The molecule has 1 aromatic carbocycles. The van der Waals surface area contributed by atoms with Crippen molar-refractivity contribution in [3.8, 4) is 5.75 Å². The van der Waals surface area contributed by atoms with Crippen LogP contribution < -0.4 is 0 Å². The molecule has 3 fully saturated rings. The molecule has 3 aliphatic heterocycles. The molecule has 1 N–H and O–H groups in total. The Balaban J connectivity index is 1.41. The summed E-state index contributed by atoms with van der Waals surface area (Å²) in [6, 6.07) is 5.54. The highest BCUT2D eigenvalue weighted by Gasteiger charge is 2.48. The predicted molar refractivity (Wildman–Crippen MR) is 89.6 cm³/mol. The number of hydrogen-bond acceptors (Lipinski definition) is 3. The van der Waals surface area contributed by atoms with Gasteiger partial charge in [0.1, 0.15) is 5.75 Å². The molecule has 5 heteroatoms. The summed E-state index contributed by atoms with van der Waals surface area (Å²) in [6.07, 6.45) is 4.29. The van der Waals surface area contributed by atoms with E-state index in [9.17, 15) is 9.90 Å². The summed E-state index contributed by atoms with van der Waals surface area (Å²) in [6.45, 7) is 4.21. The molecular formula is C18H23ClN2O2. The maximum absolute atomic E-state index is 12.6. The lowest BCUT2D eigenvalue weighted by molar-refractivity contribution is -0.129. The van der Waals surface area contributed by atoms with E-state index in [-0.39, 0.29) is 11.7 Å². The zero-order valence-electron chi connectivity index (χ0n) is 13.2. The summed E-state index contributed by atoms with van der Waals surface area (Å²) < 4.78 is 0. The number of fused-ring (bicyclic) bond motifs is 3. The van der Waals surface area contributed by atoms with Crippen molar-refractivity contribution in [2.45, 2.75) is 31.7 Å². The van der Waals surface area contributed by atoms with Crippen LogP contribution in [0.25, 0.3) is 0 Å². The van der Waals surface area contributed by atoms with Crippen LogP contribution in [0.1, 0.15) is 24.8 Å². The first-order valence-corrected chi connectivity index (χ1v) is 8.99. The minimum absolute atomic E-state index is 0.138. The van der Waals surface area contributed by atoms with Crippen molar-refractivity contribution in [1.82, 2.24) is 9.80 Å². The molecule has 23 heavy (non-hydrogen) atoms. The number of carbonyl (C=O) groups is 1. The van der Waals surface area contributed by atoms with Gasteiger partial charge >= 0.3 is 0 Å². The first-order chi connectivity index (χ1) is 11.1. The molecule has 3 heterocycles. The summed E-state index contributed by atoms with van der Waals surface area (Å²) >= 11 is 6.13. The lowest BCUT2D eigenvalue weighted by Gasteiger charge is -2.33. The lowest BCUT2D eigenvalue weighted by atomic mass is 9.90. The average molecular weight is 335 g/mol. The fourth-order valence-corrected chi connectivity index (χ4v) is 4.95. The number of nitrogens with zero attached hydrogens (tertiary/aromatic N) is 2. The monoisotopic (exact) mass is 334 g/mol. The molecule has 0 bridgehead atoms. The van der Waals surface area contributed by atoms with Gasteiger partial charge in [0.05, 0.1) is 6.42 Å². The average Bonchev–Trinajstić information content (AvgIpc) is 3.07. The normalized spacial score (nSPS) is 30.3. The van der Waals surface area contributed by atoms with Crippen LogP contribution in [0.4, 0.5) is 0 Å². The molecule has 3 atom stereocenters. The Morgan fingerprint density at radius 3 is 2.96 bits per heavy atom. The van der Waals surface area contributed by atoms with Crippen molar-refractivity contribution < 1.29 is 9.90 Å². The van der Waals surface area contributed by atoms with E-state index >= 15 is 0 Å². The van der Waals surface area contributed by atoms with Gasteiger partial charge in [-0.2, -0.15) is 0 Å². The zero-order chi connectivity index (χ0) is 16.0. The molecule has 0 aromatic heterocycles. The molecule has 4 nitrogen and oxygen atoms in total. The van der Waals surface area contributed by atoms with Crippen molar-refractivity contribution in [2.24, 2.45) is 11.8 Å². The fourth-order valence-electron chi connectivity index (χ4n) is 4.71. The van der Waals surface area contributed by atoms with E-state index in [1.165, 1.54) is 38.4 Å². The number of phenols is 1. The number of halogens is 1. The van der Waals surface area contributed by atoms with Crippen LogP contribution in [0.5, 0.6) is 5.75 Å². The van der Waals surface area contributed by atoms with Crippen molar-refractivity contribution in [3.63, 3.8) is 0 Å². The quantitative estimate of drug-likeness (QED) is 0.904. The molecule has 1 amide bonds. The van der Waals surface area contributed by atoms with Gasteiger partial charge in [0, 0.05) is 30.7 Å². The molecule has 0 aliphatic carbocycles. The van der Waals surface area contributed by atoms with Crippen LogP contribution in [0.3, 0.4) is 0 Å². The molecule has 0 saturated carbocycles. The van der Waals surface area contributed by atoms with Gasteiger partial charge in [-0.15, -0.1) is 0 Å². The standard InChI is InChI=1S/C18H23ClN2O2/c19-16-8-14(22)5-4-12(16)7-18(23)21-10-13-9-20-6-2-1-3-17(20)15(13)11-21/h4-5,8,13,15,17,22H,1-3,6-7,9-11H2/t13-,15-,17-/m0/s1. The Hall–Kier alpha value is -1.26. The van der Waals surface area contributed by atoms with Crippen molar-refractivity contribution in [3.05, 3.63) is 28.8 Å². The third-order valence-corrected chi connectivity index (χ3v) is 6.20. The number of rotatable bonds is 2. The maximum atomic E-state index is 12.6. The van der Waals surface area contributed by atoms with Gasteiger partial charge in [-0.25, -0.2) is 0 Å². The number of benzene rings is 1. The van der Waals surface area contributed by atoms with E-state index in [0.29, 0.717) is 29.3 Å².